The number of carbonyl (C=O) groups is 1. The lowest BCUT2D eigenvalue weighted by Gasteiger charge is -2.25. The minimum atomic E-state index is -3.46. The Hall–Kier alpha value is -2.03. The summed E-state index contributed by atoms with van der Waals surface area (Å²) in [5.74, 6) is -0.938. The Kier molecular flexibility index (Phi) is 6.08. The molecule has 0 bridgehead atoms. The molecule has 0 amide bonds. The van der Waals surface area contributed by atoms with E-state index in [1.165, 1.54) is 0 Å². The van der Waals surface area contributed by atoms with Gasteiger partial charge in [0, 0.05) is 30.7 Å². The molecule has 1 N–H and O–H groups in total. The molecule has 8 heteroatoms. The molecule has 27 heavy (non-hydrogen) atoms. The van der Waals surface area contributed by atoms with Crippen molar-refractivity contribution in [2.45, 2.75) is 31.1 Å². The molecule has 0 spiro atoms. The van der Waals surface area contributed by atoms with Gasteiger partial charge in [0.1, 0.15) is 0 Å². The predicted octanol–water partition coefficient (Wildman–Crippen LogP) is 1.94. The van der Waals surface area contributed by atoms with E-state index in [-0.39, 0.29) is 18.3 Å². The van der Waals surface area contributed by atoms with E-state index < -0.39 is 16.0 Å². The van der Waals surface area contributed by atoms with Crippen LogP contribution in [0.3, 0.4) is 0 Å². The van der Waals surface area contributed by atoms with Crippen LogP contribution in [0.15, 0.2) is 36.5 Å². The number of likely N-dealkylation sites (N-methyl/N-ethyl adjacent to an activating group) is 1. The molecule has 1 fully saturated rings. The molecule has 1 saturated heterocycles. The number of sulfonamides is 1. The Bertz CT molecular complexity index is 911. The summed E-state index contributed by atoms with van der Waals surface area (Å²) in [5, 5.41) is 9.89. The number of carboxylic acids is 1. The first kappa shape index (κ1) is 19.7. The van der Waals surface area contributed by atoms with E-state index in [0.29, 0.717) is 25.1 Å². The number of pyridine rings is 1. The average molecular weight is 391 g/mol. The van der Waals surface area contributed by atoms with Gasteiger partial charge in [-0.3, -0.25) is 14.7 Å². The van der Waals surface area contributed by atoms with E-state index in [2.05, 4.69) is 4.98 Å². The highest BCUT2D eigenvalue weighted by atomic mass is 32.2. The van der Waals surface area contributed by atoms with Gasteiger partial charge in [-0.25, -0.2) is 12.7 Å². The summed E-state index contributed by atoms with van der Waals surface area (Å²) < 4.78 is 27.5. The van der Waals surface area contributed by atoms with Crippen LogP contribution in [0.1, 0.15) is 24.8 Å². The average Bonchev–Trinajstić information content (AvgIpc) is 2.88. The molecule has 2 aromatic rings. The molecule has 2 heterocycles. The van der Waals surface area contributed by atoms with Crippen molar-refractivity contribution in [1.29, 1.82) is 0 Å². The maximum Gasteiger partial charge on any atom is 0.317 e. The van der Waals surface area contributed by atoms with Gasteiger partial charge in [0.05, 0.1) is 17.8 Å². The minimum absolute atomic E-state index is 0.0287. The normalized spacial score (nSPS) is 19.3. The Balaban J connectivity index is 1.72. The summed E-state index contributed by atoms with van der Waals surface area (Å²) >= 11 is 0. The van der Waals surface area contributed by atoms with Crippen molar-refractivity contribution < 1.29 is 18.3 Å². The third kappa shape index (κ3) is 4.82. The lowest BCUT2D eigenvalue weighted by Crippen LogP contribution is -2.37. The highest BCUT2D eigenvalue weighted by molar-refractivity contribution is 7.88. The molecule has 7 nitrogen and oxygen atoms in total. The van der Waals surface area contributed by atoms with Gasteiger partial charge in [-0.1, -0.05) is 24.3 Å². The quantitative estimate of drug-likeness (QED) is 0.809. The van der Waals surface area contributed by atoms with Gasteiger partial charge in [0.2, 0.25) is 10.0 Å². The standard InChI is InChI=1S/C19H25N3O4S/c1-21(13-18(23)24)17-8-4-11-22(12-9-17)27(25,26)14-16-6-2-5-15-7-3-10-20-19(15)16/h2-3,5-7,10,17H,4,8-9,11-14H2,1H3,(H,23,24). The van der Waals surface area contributed by atoms with Crippen molar-refractivity contribution in [3.8, 4) is 0 Å². The van der Waals surface area contributed by atoms with E-state index in [1.807, 2.05) is 30.3 Å². The number of aromatic nitrogens is 1. The second-order valence-electron chi connectivity index (χ2n) is 7.04. The Morgan fingerprint density at radius 2 is 2.04 bits per heavy atom. The summed E-state index contributed by atoms with van der Waals surface area (Å²) in [6, 6.07) is 9.44. The van der Waals surface area contributed by atoms with Gasteiger partial charge in [-0.15, -0.1) is 0 Å². The van der Waals surface area contributed by atoms with Gasteiger partial charge >= 0.3 is 5.97 Å². The Morgan fingerprint density at radius 3 is 2.81 bits per heavy atom. The fourth-order valence-corrected chi connectivity index (χ4v) is 5.28. The third-order valence-electron chi connectivity index (χ3n) is 5.11. The lowest BCUT2D eigenvalue weighted by molar-refractivity contribution is -0.138. The van der Waals surface area contributed by atoms with Gasteiger partial charge in [0.15, 0.2) is 0 Å². The zero-order valence-corrected chi connectivity index (χ0v) is 16.2. The fraction of sp³-hybridized carbons (Fsp3) is 0.474. The summed E-state index contributed by atoms with van der Waals surface area (Å²) in [6.45, 7) is 0.853. The molecule has 0 radical (unpaired) electrons. The molecule has 1 aromatic carbocycles. The first-order chi connectivity index (χ1) is 12.9. The largest absolute Gasteiger partial charge is 0.480 e. The van der Waals surface area contributed by atoms with E-state index in [0.717, 1.165) is 23.7 Å². The molecule has 0 saturated carbocycles. The van der Waals surface area contributed by atoms with Crippen molar-refractivity contribution >= 4 is 26.9 Å². The molecular formula is C19H25N3O4S. The van der Waals surface area contributed by atoms with E-state index >= 15 is 0 Å². The Labute approximate surface area is 159 Å². The summed E-state index contributed by atoms with van der Waals surface area (Å²) in [4.78, 5) is 17.1. The van der Waals surface area contributed by atoms with Crippen molar-refractivity contribution in [2.75, 3.05) is 26.7 Å². The number of hydrogen-bond acceptors (Lipinski definition) is 5. The molecular weight excluding hydrogens is 366 g/mol. The number of benzene rings is 1. The van der Waals surface area contributed by atoms with Crippen LogP contribution in [-0.4, -0.2) is 66.4 Å². The molecule has 146 valence electrons. The number of aliphatic carboxylic acids is 1. The first-order valence-electron chi connectivity index (χ1n) is 9.09. The third-order valence-corrected chi connectivity index (χ3v) is 6.94. The smallest absolute Gasteiger partial charge is 0.317 e. The molecule has 1 aromatic heterocycles. The maximum atomic E-state index is 13.0. The van der Waals surface area contributed by atoms with Gasteiger partial charge in [0.25, 0.3) is 0 Å². The van der Waals surface area contributed by atoms with Crippen LogP contribution >= 0.6 is 0 Å². The van der Waals surface area contributed by atoms with E-state index in [4.69, 9.17) is 5.11 Å². The van der Waals surface area contributed by atoms with Crippen LogP contribution < -0.4 is 0 Å². The van der Waals surface area contributed by atoms with E-state index in [9.17, 15) is 13.2 Å². The van der Waals surface area contributed by atoms with Gasteiger partial charge in [-0.05, 0) is 37.9 Å². The van der Waals surface area contributed by atoms with Crippen LogP contribution in [0.4, 0.5) is 0 Å². The summed E-state index contributed by atoms with van der Waals surface area (Å²) in [5.41, 5.74) is 1.43. The molecule has 1 atom stereocenters. The van der Waals surface area contributed by atoms with Crippen LogP contribution in [-0.2, 0) is 20.6 Å². The zero-order chi connectivity index (χ0) is 19.4. The van der Waals surface area contributed by atoms with Crippen molar-refractivity contribution in [3.05, 3.63) is 42.1 Å². The lowest BCUT2D eigenvalue weighted by atomic mass is 10.1. The van der Waals surface area contributed by atoms with Crippen molar-refractivity contribution in [2.24, 2.45) is 0 Å². The number of fused-ring (bicyclic) bond motifs is 1. The van der Waals surface area contributed by atoms with Gasteiger partial charge < -0.3 is 5.11 Å². The summed E-state index contributed by atoms with van der Waals surface area (Å²) in [7, 11) is -1.68. The number of para-hydroxylation sites is 1. The molecule has 3 rings (SSSR count). The second kappa shape index (κ2) is 8.33. The van der Waals surface area contributed by atoms with E-state index in [1.54, 1.807) is 22.4 Å². The maximum absolute atomic E-state index is 13.0. The summed E-state index contributed by atoms with van der Waals surface area (Å²) in [6.07, 6.45) is 3.83. The van der Waals surface area contributed by atoms with Crippen LogP contribution in [0.5, 0.6) is 0 Å². The second-order valence-corrected chi connectivity index (χ2v) is 9.01. The van der Waals surface area contributed by atoms with Gasteiger partial charge in [-0.2, -0.15) is 0 Å². The van der Waals surface area contributed by atoms with Crippen molar-refractivity contribution in [3.63, 3.8) is 0 Å². The number of hydrogen-bond donors (Lipinski definition) is 1. The molecule has 1 aliphatic heterocycles. The highest BCUT2D eigenvalue weighted by Crippen LogP contribution is 2.23. The number of carboxylic acid groups (broad SMARTS) is 1. The molecule has 0 aliphatic carbocycles. The Morgan fingerprint density at radius 1 is 1.26 bits per heavy atom. The predicted molar refractivity (Wildman–Crippen MR) is 104 cm³/mol. The number of nitrogens with zero attached hydrogens (tertiary/aromatic N) is 3. The van der Waals surface area contributed by atoms with Crippen LogP contribution in [0, 0.1) is 0 Å². The fourth-order valence-electron chi connectivity index (χ4n) is 3.69. The first-order valence-corrected chi connectivity index (χ1v) is 10.7. The highest BCUT2D eigenvalue weighted by Gasteiger charge is 2.28. The van der Waals surface area contributed by atoms with Crippen LogP contribution in [0.25, 0.3) is 10.9 Å². The minimum Gasteiger partial charge on any atom is -0.480 e. The molecule has 1 aliphatic rings. The number of rotatable bonds is 6. The SMILES string of the molecule is CN(CC(=O)O)C1CCCN(S(=O)(=O)Cc2cccc3cccnc23)CC1. The topological polar surface area (TPSA) is 90.8 Å². The monoisotopic (exact) mass is 391 g/mol. The van der Waals surface area contributed by atoms with Crippen LogP contribution in [0.2, 0.25) is 0 Å². The molecule has 1 unspecified atom stereocenters. The zero-order valence-electron chi connectivity index (χ0n) is 15.4. The van der Waals surface area contributed by atoms with Crippen molar-refractivity contribution in [1.82, 2.24) is 14.2 Å².